The van der Waals surface area contributed by atoms with Crippen molar-refractivity contribution in [3.8, 4) is 5.75 Å². The third kappa shape index (κ3) is 4.22. The van der Waals surface area contributed by atoms with E-state index in [0.29, 0.717) is 11.5 Å². The minimum Gasteiger partial charge on any atom is -0.506 e. The maximum atomic E-state index is 11.9. The van der Waals surface area contributed by atoms with Crippen LogP contribution >= 0.6 is 11.6 Å². The molecule has 3 nitrogen and oxygen atoms in total. The van der Waals surface area contributed by atoms with Crippen molar-refractivity contribution >= 4 is 17.5 Å². The van der Waals surface area contributed by atoms with Gasteiger partial charge in [0.1, 0.15) is 5.75 Å². The van der Waals surface area contributed by atoms with Crippen molar-refractivity contribution in [3.05, 3.63) is 28.8 Å². The lowest BCUT2D eigenvalue weighted by atomic mass is 10.00. The summed E-state index contributed by atoms with van der Waals surface area (Å²) in [5.41, 5.74) is 0.466. The summed E-state index contributed by atoms with van der Waals surface area (Å²) in [6.07, 6.45) is 2.05. The third-order valence-electron chi connectivity index (χ3n) is 3.04. The van der Waals surface area contributed by atoms with Gasteiger partial charge in [0, 0.05) is 11.6 Å². The molecule has 0 radical (unpaired) electrons. The van der Waals surface area contributed by atoms with Gasteiger partial charge in [-0.05, 0) is 37.5 Å². The average Bonchev–Trinajstić information content (AvgIpc) is 2.32. The second-order valence-corrected chi connectivity index (χ2v) is 5.20. The van der Waals surface area contributed by atoms with E-state index in [9.17, 15) is 9.90 Å². The lowest BCUT2D eigenvalue weighted by molar-refractivity contribution is 0.0935. The number of amides is 1. The summed E-state index contributed by atoms with van der Waals surface area (Å²) in [5.74, 6) is 0.414. The fraction of sp³-hybridized carbons (Fsp3) is 0.500. The Balaban J connectivity index is 2.62. The zero-order valence-electron chi connectivity index (χ0n) is 11.0. The molecule has 0 spiro atoms. The molecule has 2 atom stereocenters. The standard InChI is InChI=1S/C14H20ClNO2/c1-4-9(2)7-10(3)16-14(18)11-5-6-13(17)12(15)8-11/h5-6,8-10,17H,4,7H2,1-3H3,(H,16,18). The number of aromatic hydroxyl groups is 1. The minimum atomic E-state index is -0.160. The quantitative estimate of drug-likeness (QED) is 0.858. The van der Waals surface area contributed by atoms with Gasteiger partial charge < -0.3 is 10.4 Å². The summed E-state index contributed by atoms with van der Waals surface area (Å²) < 4.78 is 0. The first-order chi connectivity index (χ1) is 8.43. The summed E-state index contributed by atoms with van der Waals surface area (Å²) in [4.78, 5) is 11.9. The van der Waals surface area contributed by atoms with Gasteiger partial charge in [-0.2, -0.15) is 0 Å². The number of benzene rings is 1. The number of nitrogens with one attached hydrogen (secondary N) is 1. The molecule has 1 aromatic rings. The molecule has 0 aliphatic heterocycles. The molecule has 1 aromatic carbocycles. The van der Waals surface area contributed by atoms with Crippen molar-refractivity contribution in [3.63, 3.8) is 0 Å². The molecule has 0 aliphatic rings. The summed E-state index contributed by atoms with van der Waals surface area (Å²) in [7, 11) is 0. The van der Waals surface area contributed by atoms with Crippen LogP contribution in [0.4, 0.5) is 0 Å². The van der Waals surface area contributed by atoms with Gasteiger partial charge in [0.2, 0.25) is 0 Å². The van der Waals surface area contributed by atoms with Crippen LogP contribution in [0, 0.1) is 5.92 Å². The van der Waals surface area contributed by atoms with Gasteiger partial charge in [0.05, 0.1) is 5.02 Å². The first-order valence-electron chi connectivity index (χ1n) is 6.23. The van der Waals surface area contributed by atoms with E-state index in [1.165, 1.54) is 12.1 Å². The average molecular weight is 270 g/mol. The normalized spacial score (nSPS) is 14.0. The van der Waals surface area contributed by atoms with E-state index >= 15 is 0 Å². The Morgan fingerprint density at radius 3 is 2.67 bits per heavy atom. The molecule has 0 aliphatic carbocycles. The Bertz CT molecular complexity index is 420. The summed E-state index contributed by atoms with van der Waals surface area (Å²) in [6, 6.07) is 4.59. The fourth-order valence-electron chi connectivity index (χ4n) is 1.78. The topological polar surface area (TPSA) is 49.3 Å². The zero-order chi connectivity index (χ0) is 13.7. The molecule has 0 aromatic heterocycles. The summed E-state index contributed by atoms with van der Waals surface area (Å²) in [6.45, 7) is 6.30. The van der Waals surface area contributed by atoms with Crippen molar-refractivity contribution in [2.75, 3.05) is 0 Å². The van der Waals surface area contributed by atoms with Crippen LogP contribution < -0.4 is 5.32 Å². The van der Waals surface area contributed by atoms with Crippen LogP contribution in [0.5, 0.6) is 5.75 Å². The van der Waals surface area contributed by atoms with Crippen LogP contribution in [-0.2, 0) is 0 Å². The highest BCUT2D eigenvalue weighted by Crippen LogP contribution is 2.23. The second-order valence-electron chi connectivity index (χ2n) is 4.79. The number of carbonyl (C=O) groups excluding carboxylic acids is 1. The van der Waals surface area contributed by atoms with Gasteiger partial charge in [-0.25, -0.2) is 0 Å². The van der Waals surface area contributed by atoms with Crippen LogP contribution in [0.2, 0.25) is 5.02 Å². The molecule has 0 heterocycles. The van der Waals surface area contributed by atoms with Crippen molar-refractivity contribution in [1.29, 1.82) is 0 Å². The molecular formula is C14H20ClNO2. The second kappa shape index (κ2) is 6.64. The number of phenols is 1. The number of halogens is 1. The monoisotopic (exact) mass is 269 g/mol. The Hall–Kier alpha value is -1.22. The first-order valence-corrected chi connectivity index (χ1v) is 6.61. The Morgan fingerprint density at radius 2 is 2.11 bits per heavy atom. The highest BCUT2D eigenvalue weighted by Gasteiger charge is 2.13. The SMILES string of the molecule is CCC(C)CC(C)NC(=O)c1ccc(O)c(Cl)c1. The third-order valence-corrected chi connectivity index (χ3v) is 3.34. The smallest absolute Gasteiger partial charge is 0.251 e. The van der Waals surface area contributed by atoms with Crippen molar-refractivity contribution in [2.24, 2.45) is 5.92 Å². The molecule has 1 amide bonds. The number of rotatable bonds is 5. The molecule has 2 unspecified atom stereocenters. The predicted octanol–water partition coefficient (Wildman–Crippen LogP) is 3.60. The Kier molecular flexibility index (Phi) is 5.48. The molecular weight excluding hydrogens is 250 g/mol. The van der Waals surface area contributed by atoms with Crippen molar-refractivity contribution in [2.45, 2.75) is 39.7 Å². The van der Waals surface area contributed by atoms with Crippen molar-refractivity contribution < 1.29 is 9.90 Å². The maximum Gasteiger partial charge on any atom is 0.251 e. The van der Waals surface area contributed by atoms with Gasteiger partial charge in [-0.1, -0.05) is 31.9 Å². The van der Waals surface area contributed by atoms with E-state index in [1.54, 1.807) is 6.07 Å². The molecule has 0 saturated carbocycles. The molecule has 0 saturated heterocycles. The predicted molar refractivity (Wildman–Crippen MR) is 74.1 cm³/mol. The number of hydrogen-bond acceptors (Lipinski definition) is 2. The Labute approximate surface area is 113 Å². The first kappa shape index (κ1) is 14.8. The van der Waals surface area contributed by atoms with Gasteiger partial charge >= 0.3 is 0 Å². The van der Waals surface area contributed by atoms with E-state index in [0.717, 1.165) is 12.8 Å². The number of carbonyl (C=O) groups is 1. The fourth-order valence-corrected chi connectivity index (χ4v) is 1.96. The largest absolute Gasteiger partial charge is 0.506 e. The number of hydrogen-bond donors (Lipinski definition) is 2. The van der Waals surface area contributed by atoms with Gasteiger partial charge in [0.25, 0.3) is 5.91 Å². The van der Waals surface area contributed by atoms with Gasteiger partial charge in [-0.15, -0.1) is 0 Å². The summed E-state index contributed by atoms with van der Waals surface area (Å²) in [5, 5.41) is 12.4. The lowest BCUT2D eigenvalue weighted by Gasteiger charge is -2.17. The number of phenolic OH excluding ortho intramolecular Hbond substituents is 1. The van der Waals surface area contributed by atoms with E-state index in [1.807, 2.05) is 6.92 Å². The summed E-state index contributed by atoms with van der Waals surface area (Å²) >= 11 is 5.77. The highest BCUT2D eigenvalue weighted by molar-refractivity contribution is 6.32. The van der Waals surface area contributed by atoms with Gasteiger partial charge in [0.15, 0.2) is 0 Å². The molecule has 2 N–H and O–H groups in total. The lowest BCUT2D eigenvalue weighted by Crippen LogP contribution is -2.33. The van der Waals surface area contributed by atoms with Crippen LogP contribution in [-0.4, -0.2) is 17.1 Å². The van der Waals surface area contributed by atoms with Gasteiger partial charge in [-0.3, -0.25) is 4.79 Å². The van der Waals surface area contributed by atoms with Crippen LogP contribution in [0.25, 0.3) is 0 Å². The van der Waals surface area contributed by atoms with Crippen molar-refractivity contribution in [1.82, 2.24) is 5.32 Å². The maximum absolute atomic E-state index is 11.9. The zero-order valence-corrected chi connectivity index (χ0v) is 11.8. The van der Waals surface area contributed by atoms with Crippen LogP contribution in [0.3, 0.4) is 0 Å². The molecule has 0 fully saturated rings. The van der Waals surface area contributed by atoms with E-state index < -0.39 is 0 Å². The minimum absolute atomic E-state index is 0.0131. The Morgan fingerprint density at radius 1 is 1.44 bits per heavy atom. The molecule has 0 bridgehead atoms. The van der Waals surface area contributed by atoms with Crippen LogP contribution in [0.15, 0.2) is 18.2 Å². The molecule has 18 heavy (non-hydrogen) atoms. The van der Waals surface area contributed by atoms with Crippen LogP contribution in [0.1, 0.15) is 44.0 Å². The highest BCUT2D eigenvalue weighted by atomic mass is 35.5. The molecule has 1 rings (SSSR count). The van der Waals surface area contributed by atoms with E-state index in [-0.39, 0.29) is 22.7 Å². The van der Waals surface area contributed by atoms with E-state index in [2.05, 4.69) is 19.2 Å². The van der Waals surface area contributed by atoms with E-state index in [4.69, 9.17) is 11.6 Å². The molecule has 4 heteroatoms. The molecule has 100 valence electrons.